The molecule has 1 saturated heterocycles. The van der Waals surface area contributed by atoms with Gasteiger partial charge < -0.3 is 20.9 Å². The van der Waals surface area contributed by atoms with Crippen LogP contribution in [0.25, 0.3) is 0 Å². The molecule has 7 heteroatoms. The number of carbonyl (C=O) groups is 2. The van der Waals surface area contributed by atoms with Crippen LogP contribution in [0.3, 0.4) is 0 Å². The molecule has 0 radical (unpaired) electrons. The number of nitrogens with zero attached hydrogens (tertiary/aromatic N) is 2. The SMILES string of the molecule is CC(C)C[C@H](N)C(=O)NCCC(=O)N1CCN(c2ccc(F)cc2)CC1. The van der Waals surface area contributed by atoms with Crippen molar-refractivity contribution in [2.24, 2.45) is 11.7 Å². The molecule has 0 spiro atoms. The van der Waals surface area contributed by atoms with E-state index in [0.717, 1.165) is 5.69 Å². The van der Waals surface area contributed by atoms with Crippen LogP contribution in [0.1, 0.15) is 26.7 Å². The van der Waals surface area contributed by atoms with Crippen molar-refractivity contribution in [3.8, 4) is 0 Å². The molecule has 2 rings (SSSR count). The fourth-order valence-electron chi connectivity index (χ4n) is 3.06. The lowest BCUT2D eigenvalue weighted by Gasteiger charge is -2.36. The molecular formula is C19H29FN4O2. The normalized spacial score (nSPS) is 15.9. The second-order valence-electron chi connectivity index (χ2n) is 7.12. The smallest absolute Gasteiger partial charge is 0.236 e. The summed E-state index contributed by atoms with van der Waals surface area (Å²) < 4.78 is 13.0. The Morgan fingerprint density at radius 3 is 2.35 bits per heavy atom. The quantitative estimate of drug-likeness (QED) is 0.766. The lowest BCUT2D eigenvalue weighted by Crippen LogP contribution is -2.49. The Kier molecular flexibility index (Phi) is 7.38. The highest BCUT2D eigenvalue weighted by Gasteiger charge is 2.21. The lowest BCUT2D eigenvalue weighted by atomic mass is 10.0. The number of carbonyl (C=O) groups excluding carboxylic acids is 2. The van der Waals surface area contributed by atoms with E-state index in [1.807, 2.05) is 13.8 Å². The van der Waals surface area contributed by atoms with Crippen LogP contribution in [0.15, 0.2) is 24.3 Å². The first-order valence-corrected chi connectivity index (χ1v) is 9.18. The number of piperazine rings is 1. The zero-order valence-corrected chi connectivity index (χ0v) is 15.6. The monoisotopic (exact) mass is 364 g/mol. The predicted molar refractivity (Wildman–Crippen MR) is 100 cm³/mol. The number of benzene rings is 1. The highest BCUT2D eigenvalue weighted by molar-refractivity contribution is 5.82. The third kappa shape index (κ3) is 5.98. The van der Waals surface area contributed by atoms with Gasteiger partial charge >= 0.3 is 0 Å². The lowest BCUT2D eigenvalue weighted by molar-refractivity contribution is -0.131. The first-order valence-electron chi connectivity index (χ1n) is 9.18. The van der Waals surface area contributed by atoms with Crippen molar-refractivity contribution in [1.82, 2.24) is 10.2 Å². The van der Waals surface area contributed by atoms with Crippen LogP contribution < -0.4 is 16.0 Å². The molecule has 0 unspecified atom stereocenters. The summed E-state index contributed by atoms with van der Waals surface area (Å²) in [6.45, 7) is 7.01. The van der Waals surface area contributed by atoms with Gasteiger partial charge in [0.25, 0.3) is 0 Å². The van der Waals surface area contributed by atoms with Gasteiger partial charge in [0, 0.05) is 44.8 Å². The van der Waals surface area contributed by atoms with E-state index < -0.39 is 6.04 Å². The molecule has 144 valence electrons. The Morgan fingerprint density at radius 1 is 1.15 bits per heavy atom. The summed E-state index contributed by atoms with van der Waals surface area (Å²) >= 11 is 0. The predicted octanol–water partition coefficient (Wildman–Crippen LogP) is 1.35. The Hall–Kier alpha value is -2.15. The van der Waals surface area contributed by atoms with Crippen LogP contribution in [0.4, 0.5) is 10.1 Å². The standard InChI is InChI=1S/C19H29FN4O2/c1-14(2)13-17(21)19(26)22-8-7-18(25)24-11-9-23(10-12-24)16-5-3-15(20)4-6-16/h3-6,14,17H,7-13,21H2,1-2H3,(H,22,26)/t17-/m0/s1. The third-order valence-electron chi connectivity index (χ3n) is 4.52. The van der Waals surface area contributed by atoms with Crippen molar-refractivity contribution < 1.29 is 14.0 Å². The average Bonchev–Trinajstić information content (AvgIpc) is 2.61. The fourth-order valence-corrected chi connectivity index (χ4v) is 3.06. The summed E-state index contributed by atoms with van der Waals surface area (Å²) in [5.74, 6) is -0.0679. The summed E-state index contributed by atoms with van der Waals surface area (Å²) in [7, 11) is 0. The van der Waals surface area contributed by atoms with Crippen LogP contribution in [0.5, 0.6) is 0 Å². The van der Waals surface area contributed by atoms with Crippen molar-refractivity contribution >= 4 is 17.5 Å². The molecule has 0 saturated carbocycles. The molecule has 1 heterocycles. The molecule has 1 aromatic carbocycles. The number of halogens is 1. The zero-order valence-electron chi connectivity index (χ0n) is 15.6. The molecule has 3 N–H and O–H groups in total. The van der Waals surface area contributed by atoms with Gasteiger partial charge in [-0.1, -0.05) is 13.8 Å². The highest BCUT2D eigenvalue weighted by Crippen LogP contribution is 2.17. The van der Waals surface area contributed by atoms with Gasteiger partial charge in [-0.15, -0.1) is 0 Å². The fraction of sp³-hybridized carbons (Fsp3) is 0.579. The second-order valence-corrected chi connectivity index (χ2v) is 7.12. The van der Waals surface area contributed by atoms with E-state index in [-0.39, 0.29) is 24.1 Å². The Balaban J connectivity index is 1.70. The van der Waals surface area contributed by atoms with Gasteiger partial charge in [0.1, 0.15) is 5.82 Å². The van der Waals surface area contributed by atoms with Gasteiger partial charge in [0.05, 0.1) is 6.04 Å². The van der Waals surface area contributed by atoms with Crippen LogP contribution >= 0.6 is 0 Å². The van der Waals surface area contributed by atoms with Crippen LogP contribution in [0.2, 0.25) is 0 Å². The minimum atomic E-state index is -0.524. The minimum Gasteiger partial charge on any atom is -0.368 e. The van der Waals surface area contributed by atoms with Crippen molar-refractivity contribution in [3.63, 3.8) is 0 Å². The third-order valence-corrected chi connectivity index (χ3v) is 4.52. The average molecular weight is 364 g/mol. The Morgan fingerprint density at radius 2 is 1.77 bits per heavy atom. The van der Waals surface area contributed by atoms with Gasteiger partial charge in [-0.05, 0) is 36.6 Å². The molecule has 2 amide bonds. The molecule has 0 bridgehead atoms. The molecule has 0 aromatic heterocycles. The maximum Gasteiger partial charge on any atom is 0.236 e. The van der Waals surface area contributed by atoms with Crippen molar-refractivity contribution in [1.29, 1.82) is 0 Å². The van der Waals surface area contributed by atoms with Crippen molar-refractivity contribution in [2.75, 3.05) is 37.6 Å². The van der Waals surface area contributed by atoms with E-state index >= 15 is 0 Å². The number of hydrogen-bond acceptors (Lipinski definition) is 4. The van der Waals surface area contributed by atoms with Crippen molar-refractivity contribution in [3.05, 3.63) is 30.1 Å². The maximum absolute atomic E-state index is 13.0. The molecule has 0 aliphatic carbocycles. The molecule has 1 aromatic rings. The van der Waals surface area contributed by atoms with Crippen molar-refractivity contribution in [2.45, 2.75) is 32.7 Å². The minimum absolute atomic E-state index is 0.0292. The van der Waals surface area contributed by atoms with E-state index in [1.54, 1.807) is 17.0 Å². The first kappa shape index (κ1) is 20.2. The van der Waals surface area contributed by atoms with Gasteiger partial charge in [-0.25, -0.2) is 4.39 Å². The topological polar surface area (TPSA) is 78.7 Å². The van der Waals surface area contributed by atoms with E-state index in [9.17, 15) is 14.0 Å². The molecular weight excluding hydrogens is 335 g/mol. The number of anilines is 1. The van der Waals surface area contributed by atoms with Gasteiger partial charge in [0.15, 0.2) is 0 Å². The number of nitrogens with two attached hydrogens (primary N) is 1. The van der Waals surface area contributed by atoms with E-state index in [0.29, 0.717) is 45.1 Å². The zero-order chi connectivity index (χ0) is 19.1. The summed E-state index contributed by atoms with van der Waals surface area (Å²) in [5, 5.41) is 2.74. The summed E-state index contributed by atoms with van der Waals surface area (Å²) in [6, 6.07) is 5.87. The van der Waals surface area contributed by atoms with E-state index in [1.165, 1.54) is 12.1 Å². The molecule has 1 aliphatic rings. The van der Waals surface area contributed by atoms with Crippen LogP contribution in [-0.4, -0.2) is 55.5 Å². The second kappa shape index (κ2) is 9.52. The van der Waals surface area contributed by atoms with Gasteiger partial charge in [-0.3, -0.25) is 9.59 Å². The van der Waals surface area contributed by atoms with E-state index in [4.69, 9.17) is 5.73 Å². The summed E-state index contributed by atoms with van der Waals surface area (Å²) in [4.78, 5) is 28.1. The number of nitrogens with one attached hydrogen (secondary N) is 1. The van der Waals surface area contributed by atoms with Crippen LogP contribution in [-0.2, 0) is 9.59 Å². The largest absolute Gasteiger partial charge is 0.368 e. The molecule has 1 aliphatic heterocycles. The number of rotatable bonds is 7. The molecule has 1 atom stereocenters. The van der Waals surface area contributed by atoms with Crippen LogP contribution in [0, 0.1) is 11.7 Å². The number of amides is 2. The highest BCUT2D eigenvalue weighted by atomic mass is 19.1. The van der Waals surface area contributed by atoms with Gasteiger partial charge in [0.2, 0.25) is 11.8 Å². The number of hydrogen-bond donors (Lipinski definition) is 2. The molecule has 1 fully saturated rings. The summed E-state index contributed by atoms with van der Waals surface area (Å²) in [6.07, 6.45) is 0.905. The molecule has 6 nitrogen and oxygen atoms in total. The first-order chi connectivity index (χ1) is 12.4. The summed E-state index contributed by atoms with van der Waals surface area (Å²) in [5.41, 5.74) is 6.78. The Bertz CT molecular complexity index is 598. The van der Waals surface area contributed by atoms with Gasteiger partial charge in [-0.2, -0.15) is 0 Å². The Labute approximate surface area is 154 Å². The maximum atomic E-state index is 13.0. The molecule has 26 heavy (non-hydrogen) atoms. The van der Waals surface area contributed by atoms with E-state index in [2.05, 4.69) is 10.2 Å².